The molecule has 1 N–H and O–H groups in total. The number of nitrogens with zero attached hydrogens (tertiary/aromatic N) is 1. The van der Waals surface area contributed by atoms with Gasteiger partial charge >= 0.3 is 5.97 Å². The Morgan fingerprint density at radius 3 is 2.84 bits per heavy atom. The highest BCUT2D eigenvalue weighted by atomic mass is 32.1. The van der Waals surface area contributed by atoms with Crippen LogP contribution in [0.5, 0.6) is 0 Å². The summed E-state index contributed by atoms with van der Waals surface area (Å²) in [6.07, 6.45) is 2.51. The predicted octanol–water partition coefficient (Wildman–Crippen LogP) is 3.69. The molecule has 0 bridgehead atoms. The van der Waals surface area contributed by atoms with Gasteiger partial charge in [-0.05, 0) is 51.8 Å². The number of hydrogen-bond acceptors (Lipinski definition) is 3. The molecule has 4 heteroatoms. The third kappa shape index (κ3) is 2.84. The minimum absolute atomic E-state index is 0.323. The van der Waals surface area contributed by atoms with Crippen molar-refractivity contribution in [3.8, 4) is 0 Å². The lowest BCUT2D eigenvalue weighted by Gasteiger charge is -2.42. The van der Waals surface area contributed by atoms with Crippen molar-refractivity contribution in [3.05, 3.63) is 21.9 Å². The molecule has 19 heavy (non-hydrogen) atoms. The van der Waals surface area contributed by atoms with Crippen LogP contribution >= 0.6 is 11.3 Å². The highest BCUT2D eigenvalue weighted by Crippen LogP contribution is 2.38. The van der Waals surface area contributed by atoms with Crippen molar-refractivity contribution >= 4 is 17.3 Å². The van der Waals surface area contributed by atoms with Gasteiger partial charge in [-0.2, -0.15) is 0 Å². The molecule has 106 valence electrons. The third-order valence-corrected chi connectivity index (χ3v) is 5.63. The van der Waals surface area contributed by atoms with E-state index in [-0.39, 0.29) is 0 Å². The van der Waals surface area contributed by atoms with Crippen molar-refractivity contribution < 1.29 is 9.90 Å². The Morgan fingerprint density at radius 2 is 2.32 bits per heavy atom. The van der Waals surface area contributed by atoms with Crippen LogP contribution < -0.4 is 0 Å². The van der Waals surface area contributed by atoms with Gasteiger partial charge in [-0.3, -0.25) is 9.69 Å². The molecule has 1 aromatic heterocycles. The SMILES string of the molecule is CCC1(C(=O)O)CCCN(C(C)c2ccc(C)s2)C1. The molecule has 1 aliphatic heterocycles. The summed E-state index contributed by atoms with van der Waals surface area (Å²) in [6, 6.07) is 4.64. The van der Waals surface area contributed by atoms with Crippen molar-refractivity contribution in [3.63, 3.8) is 0 Å². The Labute approximate surface area is 119 Å². The van der Waals surface area contributed by atoms with Gasteiger partial charge in [0.05, 0.1) is 5.41 Å². The predicted molar refractivity (Wildman–Crippen MR) is 78.6 cm³/mol. The first-order valence-corrected chi connectivity index (χ1v) is 7.84. The second-order valence-electron chi connectivity index (χ2n) is 5.64. The topological polar surface area (TPSA) is 40.5 Å². The van der Waals surface area contributed by atoms with Crippen molar-refractivity contribution in [2.24, 2.45) is 5.41 Å². The van der Waals surface area contributed by atoms with Crippen molar-refractivity contribution in [1.82, 2.24) is 4.90 Å². The molecule has 0 spiro atoms. The smallest absolute Gasteiger partial charge is 0.310 e. The fraction of sp³-hybridized carbons (Fsp3) is 0.667. The monoisotopic (exact) mass is 281 g/mol. The van der Waals surface area contributed by atoms with Crippen molar-refractivity contribution in [2.75, 3.05) is 13.1 Å². The molecule has 0 aromatic carbocycles. The van der Waals surface area contributed by atoms with Crippen LogP contribution in [0.3, 0.4) is 0 Å². The molecule has 0 radical (unpaired) electrons. The molecule has 3 nitrogen and oxygen atoms in total. The molecule has 0 aliphatic carbocycles. The first-order valence-electron chi connectivity index (χ1n) is 7.02. The molecule has 1 aromatic rings. The minimum Gasteiger partial charge on any atom is -0.481 e. The molecule has 1 aliphatic rings. The van der Waals surface area contributed by atoms with E-state index in [0.717, 1.165) is 25.8 Å². The Kier molecular flexibility index (Phi) is 4.31. The zero-order chi connectivity index (χ0) is 14.0. The van der Waals surface area contributed by atoms with Gasteiger partial charge in [0.25, 0.3) is 0 Å². The summed E-state index contributed by atoms with van der Waals surface area (Å²) >= 11 is 1.82. The van der Waals surface area contributed by atoms with Gasteiger partial charge < -0.3 is 5.11 Å². The van der Waals surface area contributed by atoms with E-state index in [4.69, 9.17) is 0 Å². The Hall–Kier alpha value is -0.870. The zero-order valence-electron chi connectivity index (χ0n) is 12.0. The largest absolute Gasteiger partial charge is 0.481 e. The van der Waals surface area contributed by atoms with Gasteiger partial charge in [-0.1, -0.05) is 6.92 Å². The summed E-state index contributed by atoms with van der Waals surface area (Å²) in [6.45, 7) is 7.99. The number of carboxylic acid groups (broad SMARTS) is 1. The fourth-order valence-electron chi connectivity index (χ4n) is 2.97. The molecule has 1 saturated heterocycles. The highest BCUT2D eigenvalue weighted by Gasteiger charge is 2.42. The van der Waals surface area contributed by atoms with Gasteiger partial charge in [0.1, 0.15) is 0 Å². The van der Waals surface area contributed by atoms with E-state index in [9.17, 15) is 9.90 Å². The summed E-state index contributed by atoms with van der Waals surface area (Å²) < 4.78 is 0. The van der Waals surface area contributed by atoms with Gasteiger partial charge in [-0.15, -0.1) is 11.3 Å². The number of thiophene rings is 1. The quantitative estimate of drug-likeness (QED) is 0.915. The van der Waals surface area contributed by atoms with Crippen LogP contribution in [0.2, 0.25) is 0 Å². The maximum atomic E-state index is 11.6. The molecule has 2 heterocycles. The lowest BCUT2D eigenvalue weighted by atomic mass is 9.77. The number of piperidine rings is 1. The van der Waals surface area contributed by atoms with E-state index in [1.807, 2.05) is 18.3 Å². The lowest BCUT2D eigenvalue weighted by Crippen LogP contribution is -2.48. The van der Waals surface area contributed by atoms with Crippen molar-refractivity contribution in [2.45, 2.75) is 46.1 Å². The van der Waals surface area contributed by atoms with Crippen LogP contribution in [0, 0.1) is 12.3 Å². The van der Waals surface area contributed by atoms with Crippen LogP contribution in [0.1, 0.15) is 48.9 Å². The summed E-state index contributed by atoms with van der Waals surface area (Å²) in [7, 11) is 0. The van der Waals surface area contributed by atoms with Crippen molar-refractivity contribution in [1.29, 1.82) is 0 Å². The average Bonchev–Trinajstić information content (AvgIpc) is 2.84. The number of aliphatic carboxylic acids is 1. The van der Waals surface area contributed by atoms with Gasteiger partial charge in [0.2, 0.25) is 0 Å². The second-order valence-corrected chi connectivity index (χ2v) is 6.96. The average molecular weight is 281 g/mol. The summed E-state index contributed by atoms with van der Waals surface area (Å²) in [5.74, 6) is -0.630. The summed E-state index contributed by atoms with van der Waals surface area (Å²) in [5, 5.41) is 9.54. The van der Waals surface area contributed by atoms with Crippen LogP contribution in [0.25, 0.3) is 0 Å². The Bertz CT molecular complexity index is 457. The summed E-state index contributed by atoms with van der Waals surface area (Å²) in [4.78, 5) is 16.6. The van der Waals surface area contributed by atoms with Crippen LogP contribution in [-0.2, 0) is 4.79 Å². The molecular weight excluding hydrogens is 258 g/mol. The molecule has 1 fully saturated rings. The molecule has 2 atom stereocenters. The number of hydrogen-bond donors (Lipinski definition) is 1. The van der Waals surface area contributed by atoms with E-state index >= 15 is 0 Å². The standard InChI is InChI=1S/C15H23NO2S/c1-4-15(14(17)18)8-5-9-16(10-15)12(3)13-7-6-11(2)19-13/h6-7,12H,4-5,8-10H2,1-3H3,(H,17,18). The number of likely N-dealkylation sites (tertiary alicyclic amines) is 1. The molecular formula is C15H23NO2S. The Morgan fingerprint density at radius 1 is 1.58 bits per heavy atom. The molecule has 2 unspecified atom stereocenters. The van der Waals surface area contributed by atoms with Gasteiger partial charge in [-0.25, -0.2) is 0 Å². The maximum absolute atomic E-state index is 11.6. The molecule has 2 rings (SSSR count). The number of carbonyl (C=O) groups is 1. The lowest BCUT2D eigenvalue weighted by molar-refractivity contribution is -0.153. The van der Waals surface area contributed by atoms with E-state index in [1.165, 1.54) is 9.75 Å². The maximum Gasteiger partial charge on any atom is 0.310 e. The van der Waals surface area contributed by atoms with E-state index < -0.39 is 11.4 Å². The normalized spacial score (nSPS) is 26.3. The van der Waals surface area contributed by atoms with Crippen LogP contribution in [0.15, 0.2) is 12.1 Å². The number of aryl methyl sites for hydroxylation is 1. The van der Waals surface area contributed by atoms with Gasteiger partial charge in [0, 0.05) is 22.3 Å². The Balaban J connectivity index is 2.15. The van der Waals surface area contributed by atoms with Crippen LogP contribution in [-0.4, -0.2) is 29.1 Å². The fourth-order valence-corrected chi connectivity index (χ4v) is 3.93. The molecule has 0 saturated carbocycles. The van der Waals surface area contributed by atoms with E-state index in [0.29, 0.717) is 12.6 Å². The molecule has 0 amide bonds. The number of rotatable bonds is 4. The second kappa shape index (κ2) is 5.63. The minimum atomic E-state index is -0.630. The van der Waals surface area contributed by atoms with E-state index in [2.05, 4.69) is 30.9 Å². The third-order valence-electron chi connectivity index (χ3n) is 4.46. The summed E-state index contributed by atoms with van der Waals surface area (Å²) in [5.41, 5.74) is -0.543. The first-order chi connectivity index (χ1) is 8.98. The zero-order valence-corrected chi connectivity index (χ0v) is 12.8. The number of carboxylic acids is 1. The van der Waals surface area contributed by atoms with Gasteiger partial charge in [0.15, 0.2) is 0 Å². The van der Waals surface area contributed by atoms with E-state index in [1.54, 1.807) is 0 Å². The van der Waals surface area contributed by atoms with Crippen LogP contribution in [0.4, 0.5) is 0 Å². The highest BCUT2D eigenvalue weighted by molar-refractivity contribution is 7.12. The first kappa shape index (κ1) is 14.5.